The van der Waals surface area contributed by atoms with Gasteiger partial charge in [-0.15, -0.1) is 0 Å². The number of hydrogen-bond acceptors (Lipinski definition) is 12. The Bertz CT molecular complexity index is 273. The van der Waals surface area contributed by atoms with Crippen molar-refractivity contribution in [1.82, 2.24) is 0 Å². The van der Waals surface area contributed by atoms with E-state index in [-0.39, 0.29) is 31.1 Å². The molecule has 0 aliphatic carbocycles. The maximum atomic E-state index is 8.67. The summed E-state index contributed by atoms with van der Waals surface area (Å²) in [5, 5.41) is 52.0. The van der Waals surface area contributed by atoms with E-state index >= 15 is 0 Å². The van der Waals surface area contributed by atoms with Crippen molar-refractivity contribution in [3.63, 3.8) is 0 Å². The van der Waals surface area contributed by atoms with Crippen LogP contribution in [0.5, 0.6) is 0 Å². The average molecular weight is 598 g/mol. The van der Waals surface area contributed by atoms with E-state index in [2.05, 4.69) is 34.4 Å². The van der Waals surface area contributed by atoms with Gasteiger partial charge >= 0.3 is 0 Å². The summed E-state index contributed by atoms with van der Waals surface area (Å²) in [6, 6.07) is 0. The van der Waals surface area contributed by atoms with Gasteiger partial charge in [-0.25, -0.2) is 0 Å². The molecule has 0 fully saturated rings. The first-order valence-corrected chi connectivity index (χ1v) is 4.18. The molecule has 0 saturated carbocycles. The standard InChI is InChI=1S/6CH3NO2.U/c6*2-1(3)4;/h6*2H2,(H,3,4);/p-6. The van der Waals surface area contributed by atoms with E-state index < -0.39 is 36.6 Å². The van der Waals surface area contributed by atoms with Crippen molar-refractivity contribution in [2.24, 2.45) is 34.4 Å². The van der Waals surface area contributed by atoms with Gasteiger partial charge in [0.2, 0.25) is 0 Å². The van der Waals surface area contributed by atoms with Crippen molar-refractivity contribution in [3.8, 4) is 0 Å². The Labute approximate surface area is 161 Å². The van der Waals surface area contributed by atoms with Crippen molar-refractivity contribution >= 4 is 36.6 Å². The fraction of sp³-hybridized carbons (Fsp3) is 0. The van der Waals surface area contributed by atoms with Crippen LogP contribution in [0.2, 0.25) is 0 Å². The average Bonchev–Trinajstić information content (AvgIpc) is 2.08. The zero-order valence-electron chi connectivity index (χ0n) is 11.9. The smallest absolute Gasteiger partial charge is 0.131 e. The SMILES string of the molecule is NC(=O)[O-].NC(=O)[O-].NC(=O)[O-].NC(=O)[O-].NC(=O)[O-].NC(=O)[O-].[U]. The zero-order chi connectivity index (χ0) is 21.5. The Morgan fingerprint density at radius 2 is 0.360 bits per heavy atom. The summed E-state index contributed by atoms with van der Waals surface area (Å²) < 4.78 is 0. The summed E-state index contributed by atoms with van der Waals surface area (Å²) >= 11 is 0. The molecule has 18 nitrogen and oxygen atoms in total. The first kappa shape index (κ1) is 43.0. The van der Waals surface area contributed by atoms with Crippen molar-refractivity contribution in [1.29, 1.82) is 0 Å². The number of rotatable bonds is 0. The summed E-state index contributed by atoms with van der Waals surface area (Å²) in [4.78, 5) is 52.0. The minimum absolute atomic E-state index is 0. The molecule has 0 aliphatic heterocycles. The van der Waals surface area contributed by atoms with Crippen LogP contribution < -0.4 is 65.0 Å². The first-order chi connectivity index (χ1) is 10.4. The molecule has 0 rings (SSSR count). The molecule has 0 radical (unpaired) electrons. The maximum Gasteiger partial charge on any atom is 0.131 e. The van der Waals surface area contributed by atoms with Gasteiger partial charge in [0.15, 0.2) is 0 Å². The van der Waals surface area contributed by atoms with Crippen LogP contribution in [0.1, 0.15) is 0 Å². The van der Waals surface area contributed by atoms with Crippen LogP contribution in [0.3, 0.4) is 0 Å². The Kier molecular flexibility index (Phi) is 64.0. The molecule has 148 valence electrons. The number of nitrogens with two attached hydrogens (primary N) is 6. The van der Waals surface area contributed by atoms with Gasteiger partial charge in [0.25, 0.3) is 0 Å². The molecule has 0 aromatic carbocycles. The van der Waals surface area contributed by atoms with Gasteiger partial charge in [0.05, 0.1) is 0 Å². The van der Waals surface area contributed by atoms with Gasteiger partial charge in [-0.3, -0.25) is 0 Å². The minimum atomic E-state index is -1.58. The van der Waals surface area contributed by atoms with E-state index in [1.807, 2.05) is 0 Å². The van der Waals surface area contributed by atoms with E-state index in [0.29, 0.717) is 0 Å². The summed E-state index contributed by atoms with van der Waals surface area (Å²) in [7, 11) is 0. The molecule has 6 amide bonds. The van der Waals surface area contributed by atoms with Crippen LogP contribution in [0.25, 0.3) is 0 Å². The van der Waals surface area contributed by atoms with Crippen LogP contribution in [0.15, 0.2) is 0 Å². The minimum Gasteiger partial charge on any atom is -0.530 e. The van der Waals surface area contributed by atoms with Gasteiger partial charge < -0.3 is 93.8 Å². The molecule has 25 heavy (non-hydrogen) atoms. The summed E-state index contributed by atoms with van der Waals surface area (Å²) in [6.07, 6.45) is -9.50. The molecule has 0 saturated heterocycles. The Morgan fingerprint density at radius 3 is 0.360 bits per heavy atom. The van der Waals surface area contributed by atoms with Crippen LogP contribution >= 0.6 is 0 Å². The summed E-state index contributed by atoms with van der Waals surface area (Å²) in [5.41, 5.74) is 23.5. The zero-order valence-corrected chi connectivity index (χ0v) is 16.0. The molecule has 0 heterocycles. The second kappa shape index (κ2) is 37.2. The van der Waals surface area contributed by atoms with Crippen LogP contribution in [0, 0.1) is 31.1 Å². The van der Waals surface area contributed by atoms with Crippen LogP contribution in [0.4, 0.5) is 28.8 Å². The number of carbonyl (C=O) groups is 6. The van der Waals surface area contributed by atoms with Gasteiger partial charge in [-0.2, -0.15) is 0 Å². The van der Waals surface area contributed by atoms with Crippen LogP contribution in [-0.4, -0.2) is 36.6 Å². The van der Waals surface area contributed by atoms with E-state index in [4.69, 9.17) is 59.4 Å². The molecule has 0 unspecified atom stereocenters. The van der Waals surface area contributed by atoms with E-state index in [9.17, 15) is 0 Å². The third-order valence-electron chi connectivity index (χ3n) is 0. The molecule has 0 aromatic rings. The molecule has 0 bridgehead atoms. The molecule has 0 aromatic heterocycles. The number of hydrogen-bond donors (Lipinski definition) is 6. The largest absolute Gasteiger partial charge is 0.530 e. The van der Waals surface area contributed by atoms with Crippen LogP contribution in [-0.2, 0) is 0 Å². The molecule has 19 heteroatoms. The molecular weight excluding hydrogens is 586 g/mol. The molecule has 0 aliphatic rings. The fourth-order valence-electron chi connectivity index (χ4n) is 0. The Balaban J connectivity index is -0.0000000309. The second-order valence-corrected chi connectivity index (χ2v) is 1.91. The number of carbonyl (C=O) groups excluding carboxylic acids is 6. The second-order valence-electron chi connectivity index (χ2n) is 1.91. The van der Waals surface area contributed by atoms with Gasteiger partial charge in [0, 0.05) is 31.1 Å². The fourth-order valence-corrected chi connectivity index (χ4v) is 0. The first-order valence-electron chi connectivity index (χ1n) is 4.18. The Morgan fingerprint density at radius 1 is 0.360 bits per heavy atom. The predicted octanol–water partition coefficient (Wildman–Crippen LogP) is -10.3. The Hall–Kier alpha value is -3.33. The topological polar surface area (TPSA) is 397 Å². The van der Waals surface area contributed by atoms with E-state index in [1.54, 1.807) is 0 Å². The maximum absolute atomic E-state index is 8.67. The summed E-state index contributed by atoms with van der Waals surface area (Å²) in [5.74, 6) is 0. The van der Waals surface area contributed by atoms with Gasteiger partial charge in [-0.1, -0.05) is 0 Å². The normalized spacial score (nSPS) is 5.76. The predicted molar refractivity (Wildman–Crippen MR) is 57.5 cm³/mol. The number of amides is 6. The van der Waals surface area contributed by atoms with Crippen molar-refractivity contribution in [3.05, 3.63) is 0 Å². The van der Waals surface area contributed by atoms with E-state index in [0.717, 1.165) is 0 Å². The monoisotopic (exact) mass is 598 g/mol. The molecule has 0 atom stereocenters. The molecule has 0 spiro atoms. The molecular formula is C6H12N6O12U-6. The van der Waals surface area contributed by atoms with E-state index in [1.165, 1.54) is 0 Å². The van der Waals surface area contributed by atoms with Crippen molar-refractivity contribution < 1.29 is 90.5 Å². The van der Waals surface area contributed by atoms with Gasteiger partial charge in [-0.05, 0) is 0 Å². The number of carboxylic acid groups (broad SMARTS) is 6. The molecule has 12 N–H and O–H groups in total. The third-order valence-corrected chi connectivity index (χ3v) is 0. The summed E-state index contributed by atoms with van der Waals surface area (Å²) in [6.45, 7) is 0. The van der Waals surface area contributed by atoms with Crippen molar-refractivity contribution in [2.75, 3.05) is 0 Å². The third kappa shape index (κ3) is 651. The van der Waals surface area contributed by atoms with Crippen molar-refractivity contribution in [2.45, 2.75) is 0 Å². The number of primary amides is 6. The van der Waals surface area contributed by atoms with Gasteiger partial charge in [0.1, 0.15) is 36.6 Å². The quantitative estimate of drug-likeness (QED) is 0.151.